The van der Waals surface area contributed by atoms with Crippen LogP contribution in [0.4, 0.5) is 4.79 Å². The number of amides is 4. The van der Waals surface area contributed by atoms with Gasteiger partial charge in [0.25, 0.3) is 0 Å². The highest BCUT2D eigenvalue weighted by Gasteiger charge is 2.33. The molecule has 0 saturated heterocycles. The number of alkyl carbamates (subject to hydrolysis) is 1. The fourth-order valence-electron chi connectivity index (χ4n) is 5.45. The predicted octanol–water partition coefficient (Wildman–Crippen LogP) is 3.15. The minimum Gasteiger partial charge on any atom is -0.436 e. The third kappa shape index (κ3) is 10.6. The molecule has 2 aromatic rings. The summed E-state index contributed by atoms with van der Waals surface area (Å²) in [5.74, 6) is -1.83. The Morgan fingerprint density at radius 2 is 1.23 bits per heavy atom. The second-order valence-electron chi connectivity index (χ2n) is 11.2. The van der Waals surface area contributed by atoms with Crippen molar-refractivity contribution in [3.05, 3.63) is 59.7 Å². The number of nitrogens with one attached hydrogen (secondary N) is 3. The molecule has 11 nitrogen and oxygen atoms in total. The van der Waals surface area contributed by atoms with Crippen LogP contribution in [0.2, 0.25) is 0 Å². The van der Waals surface area contributed by atoms with E-state index in [1.807, 2.05) is 48.5 Å². The molecule has 1 aliphatic rings. The Kier molecular flexibility index (Phi) is 14.6. The summed E-state index contributed by atoms with van der Waals surface area (Å²) in [4.78, 5) is 51.2. The Morgan fingerprint density at radius 1 is 0.682 bits per heavy atom. The van der Waals surface area contributed by atoms with E-state index >= 15 is 0 Å². The lowest BCUT2D eigenvalue weighted by Gasteiger charge is -2.23. The number of hydrogen-bond acceptors (Lipinski definition) is 7. The van der Waals surface area contributed by atoms with Crippen LogP contribution in [0, 0.1) is 0 Å². The van der Waals surface area contributed by atoms with Crippen molar-refractivity contribution in [2.24, 2.45) is 17.2 Å². The minimum absolute atomic E-state index is 0.270. The molecule has 3 rings (SSSR count). The first-order chi connectivity index (χ1) is 21.3. The monoisotopic (exact) mass is 608 g/mol. The van der Waals surface area contributed by atoms with Crippen LogP contribution in [0.3, 0.4) is 0 Å². The van der Waals surface area contributed by atoms with E-state index in [1.54, 1.807) is 0 Å². The average Bonchev–Trinajstić information content (AvgIpc) is 3.32. The van der Waals surface area contributed by atoms with Crippen LogP contribution in [0.15, 0.2) is 48.5 Å². The first-order valence-corrected chi connectivity index (χ1v) is 15.8. The summed E-state index contributed by atoms with van der Waals surface area (Å²) in [6.45, 7) is 1.56. The van der Waals surface area contributed by atoms with Crippen LogP contribution in [0.1, 0.15) is 87.9 Å². The highest BCUT2D eigenvalue weighted by Crippen LogP contribution is 2.45. The Bertz CT molecular complexity index is 1190. The van der Waals surface area contributed by atoms with Crippen LogP contribution in [-0.2, 0) is 19.1 Å². The molecule has 0 spiro atoms. The predicted molar refractivity (Wildman–Crippen MR) is 170 cm³/mol. The Hall–Kier alpha value is -3.96. The number of nitrogens with two attached hydrogens (primary N) is 3. The van der Waals surface area contributed by atoms with Gasteiger partial charge in [0, 0.05) is 17.7 Å². The molecule has 0 bridgehead atoms. The second kappa shape index (κ2) is 18.6. The minimum atomic E-state index is -1.17. The summed E-state index contributed by atoms with van der Waals surface area (Å²) in [7, 11) is 0. The van der Waals surface area contributed by atoms with Gasteiger partial charge < -0.3 is 37.9 Å². The maximum Gasteiger partial charge on any atom is 0.408 e. The van der Waals surface area contributed by atoms with Crippen LogP contribution < -0.4 is 33.2 Å². The number of ether oxygens (including phenoxy) is 1. The number of rotatable bonds is 20. The van der Waals surface area contributed by atoms with E-state index in [-0.39, 0.29) is 12.8 Å². The summed E-state index contributed by atoms with van der Waals surface area (Å²) < 4.78 is 5.87. The van der Waals surface area contributed by atoms with Gasteiger partial charge in [-0.05, 0) is 56.3 Å². The maximum atomic E-state index is 13.4. The fourth-order valence-corrected chi connectivity index (χ4v) is 5.45. The molecule has 0 fully saturated rings. The van der Waals surface area contributed by atoms with Crippen LogP contribution in [-0.4, -0.2) is 55.5 Å². The van der Waals surface area contributed by atoms with Gasteiger partial charge in [0.1, 0.15) is 12.1 Å². The summed E-state index contributed by atoms with van der Waals surface area (Å²) in [5.41, 5.74) is 20.3. The van der Waals surface area contributed by atoms with E-state index in [0.29, 0.717) is 32.5 Å². The molecule has 2 unspecified atom stereocenters. The third-order valence-electron chi connectivity index (χ3n) is 7.78. The van der Waals surface area contributed by atoms with E-state index in [4.69, 9.17) is 21.9 Å². The van der Waals surface area contributed by atoms with Crippen molar-refractivity contribution in [2.45, 2.75) is 88.8 Å². The van der Waals surface area contributed by atoms with Crippen molar-refractivity contribution in [2.75, 3.05) is 19.6 Å². The lowest BCUT2D eigenvalue weighted by molar-refractivity contribution is -0.132. The number of carbonyl (C=O) groups excluding carboxylic acids is 4. The van der Waals surface area contributed by atoms with E-state index < -0.39 is 42.0 Å². The smallest absolute Gasteiger partial charge is 0.408 e. The summed E-state index contributed by atoms with van der Waals surface area (Å²) >= 11 is 0. The van der Waals surface area contributed by atoms with Crippen molar-refractivity contribution in [1.82, 2.24) is 16.0 Å². The molecule has 4 amide bonds. The maximum absolute atomic E-state index is 13.4. The molecule has 0 aromatic heterocycles. The molecule has 0 heterocycles. The molecular formula is C33H48N6O5. The topological polar surface area (TPSA) is 192 Å². The highest BCUT2D eigenvalue weighted by molar-refractivity contribution is 5.94. The quantitative estimate of drug-likeness (QED) is 0.124. The second-order valence-corrected chi connectivity index (χ2v) is 11.2. The van der Waals surface area contributed by atoms with Crippen molar-refractivity contribution in [1.29, 1.82) is 0 Å². The molecule has 2 atom stereocenters. The number of fused-ring (bicyclic) bond motifs is 3. The van der Waals surface area contributed by atoms with E-state index in [0.717, 1.165) is 67.2 Å². The van der Waals surface area contributed by atoms with Gasteiger partial charge in [-0.25, -0.2) is 4.79 Å². The summed E-state index contributed by atoms with van der Waals surface area (Å²) in [6, 6.07) is 13.2. The zero-order valence-electron chi connectivity index (χ0n) is 25.5. The summed E-state index contributed by atoms with van der Waals surface area (Å²) in [5, 5.41) is 8.10. The molecule has 11 heteroatoms. The van der Waals surface area contributed by atoms with E-state index in [1.165, 1.54) is 0 Å². The lowest BCUT2D eigenvalue weighted by atomic mass is 10.1. The molecule has 9 N–H and O–H groups in total. The van der Waals surface area contributed by atoms with Gasteiger partial charge >= 0.3 is 6.09 Å². The normalized spacial score (nSPS) is 13.3. The molecule has 0 saturated carbocycles. The van der Waals surface area contributed by atoms with Gasteiger partial charge in [-0.1, -0.05) is 80.6 Å². The largest absolute Gasteiger partial charge is 0.436 e. The Balaban J connectivity index is 1.59. The SMILES string of the molecule is NCCCCCCCCCNC(=O)C(CC(N)=O)NC(=O)C(CCCCN)NC(=O)OC1c2ccccc2-c2ccccc21. The highest BCUT2D eigenvalue weighted by atomic mass is 16.6. The van der Waals surface area contributed by atoms with Gasteiger partial charge in [-0.2, -0.15) is 0 Å². The first kappa shape index (κ1) is 34.5. The first-order valence-electron chi connectivity index (χ1n) is 15.8. The Labute approximate surface area is 260 Å². The number of unbranched alkanes of at least 4 members (excludes halogenated alkanes) is 7. The molecule has 1 aliphatic carbocycles. The number of hydrogen-bond donors (Lipinski definition) is 6. The van der Waals surface area contributed by atoms with Crippen molar-refractivity contribution in [3.8, 4) is 11.1 Å². The lowest BCUT2D eigenvalue weighted by Crippen LogP contribution is -2.54. The van der Waals surface area contributed by atoms with Gasteiger partial charge in [-0.15, -0.1) is 0 Å². The van der Waals surface area contributed by atoms with E-state index in [9.17, 15) is 19.2 Å². The number of primary amides is 1. The molecule has 240 valence electrons. The number of benzene rings is 2. The molecule has 0 aliphatic heterocycles. The van der Waals surface area contributed by atoms with Gasteiger partial charge in [0.2, 0.25) is 17.7 Å². The van der Waals surface area contributed by atoms with Crippen LogP contribution in [0.5, 0.6) is 0 Å². The molecule has 44 heavy (non-hydrogen) atoms. The van der Waals surface area contributed by atoms with E-state index in [2.05, 4.69) is 16.0 Å². The van der Waals surface area contributed by atoms with Crippen molar-refractivity contribution < 1.29 is 23.9 Å². The van der Waals surface area contributed by atoms with Gasteiger partial charge in [-0.3, -0.25) is 14.4 Å². The van der Waals surface area contributed by atoms with Gasteiger partial charge in [0.05, 0.1) is 6.42 Å². The third-order valence-corrected chi connectivity index (χ3v) is 7.78. The van der Waals surface area contributed by atoms with Gasteiger partial charge in [0.15, 0.2) is 6.10 Å². The summed E-state index contributed by atoms with van der Waals surface area (Å²) in [6.07, 6.45) is 6.94. The van der Waals surface area contributed by atoms with Crippen molar-refractivity contribution >= 4 is 23.8 Å². The molecule has 2 aromatic carbocycles. The number of carbonyl (C=O) groups is 4. The van der Waals surface area contributed by atoms with Crippen molar-refractivity contribution in [3.63, 3.8) is 0 Å². The Morgan fingerprint density at radius 3 is 1.82 bits per heavy atom. The standard InChI is InChI=1S/C33H48N6O5/c34-19-11-4-2-1-3-5-13-21-37-31(41)28(22-29(36)40)38-32(42)27(18-10-12-20-35)39-33(43)44-30-25-16-8-6-14-23(25)24-15-7-9-17-26(24)30/h6-9,14-17,27-28,30H,1-5,10-13,18-22,34-35H2,(H2,36,40)(H,37,41)(H,38,42)(H,39,43). The van der Waals surface area contributed by atoms with Crippen LogP contribution >= 0.6 is 0 Å². The molecular weight excluding hydrogens is 560 g/mol. The van der Waals surface area contributed by atoms with Crippen LogP contribution in [0.25, 0.3) is 11.1 Å². The zero-order chi connectivity index (χ0) is 31.7. The average molecular weight is 609 g/mol. The fraction of sp³-hybridized carbons (Fsp3) is 0.515. The molecule has 0 radical (unpaired) electrons. The zero-order valence-corrected chi connectivity index (χ0v) is 25.5.